The Morgan fingerprint density at radius 1 is 1.22 bits per heavy atom. The number of aryl methyl sites for hydroxylation is 1. The smallest absolute Gasteiger partial charge is 0.256 e. The molecule has 6 rings (SSSR count). The number of piperazine rings is 1. The molecule has 2 atom stereocenters. The van der Waals surface area contributed by atoms with E-state index in [1.807, 2.05) is 31.6 Å². The molecule has 4 aromatic heterocycles. The molecule has 2 unspecified atom stereocenters. The standard InChI is InChI=1S/C23H22N8O/c1-30-12-16(9-27-30)20-6-15-7-21(29-23(32)14-2-4-24-5-3-14)28-22(19(15)11-26-20)31-13-17-8-18(31)10-25-17/h2-7,9,11-12,17-18,25H,8,10,13H2,1H3,(H,28,29,32). The molecule has 32 heavy (non-hydrogen) atoms. The zero-order valence-electron chi connectivity index (χ0n) is 17.6. The summed E-state index contributed by atoms with van der Waals surface area (Å²) < 4.78 is 1.76. The fourth-order valence-corrected chi connectivity index (χ4v) is 4.64. The molecular formula is C23H22N8O. The Hall–Kier alpha value is -3.85. The molecule has 160 valence electrons. The summed E-state index contributed by atoms with van der Waals surface area (Å²) in [5.74, 6) is 1.18. The molecule has 1 amide bonds. The van der Waals surface area contributed by atoms with Gasteiger partial charge in [0.15, 0.2) is 0 Å². The predicted molar refractivity (Wildman–Crippen MR) is 121 cm³/mol. The van der Waals surface area contributed by atoms with E-state index in [1.54, 1.807) is 35.4 Å². The number of fused-ring (bicyclic) bond motifs is 3. The van der Waals surface area contributed by atoms with Gasteiger partial charge >= 0.3 is 0 Å². The van der Waals surface area contributed by atoms with Crippen molar-refractivity contribution in [2.45, 2.75) is 18.5 Å². The Bertz CT molecular complexity index is 1320. The number of hydrogen-bond acceptors (Lipinski definition) is 7. The van der Waals surface area contributed by atoms with Gasteiger partial charge in [0.2, 0.25) is 0 Å². The van der Waals surface area contributed by atoms with Gasteiger partial charge in [-0.05, 0) is 36.1 Å². The van der Waals surface area contributed by atoms with Gasteiger partial charge in [0, 0.05) is 73.5 Å². The van der Waals surface area contributed by atoms with Crippen LogP contribution in [0.5, 0.6) is 0 Å². The molecule has 0 aromatic carbocycles. The summed E-state index contributed by atoms with van der Waals surface area (Å²) in [6.07, 6.45) is 9.94. The number of rotatable bonds is 4. The van der Waals surface area contributed by atoms with Crippen LogP contribution in [0.1, 0.15) is 16.8 Å². The van der Waals surface area contributed by atoms with Crippen molar-refractivity contribution in [1.82, 2.24) is 30.0 Å². The van der Waals surface area contributed by atoms with E-state index in [2.05, 4.69) is 25.6 Å². The van der Waals surface area contributed by atoms with Gasteiger partial charge in [-0.1, -0.05) is 0 Å². The van der Waals surface area contributed by atoms with Crippen LogP contribution in [0.3, 0.4) is 0 Å². The van der Waals surface area contributed by atoms with Gasteiger partial charge in [-0.25, -0.2) is 4.98 Å². The number of amides is 1. The van der Waals surface area contributed by atoms with Gasteiger partial charge in [0.25, 0.3) is 5.91 Å². The maximum atomic E-state index is 12.8. The molecule has 2 fully saturated rings. The molecular weight excluding hydrogens is 404 g/mol. The molecule has 4 aromatic rings. The third-order valence-corrected chi connectivity index (χ3v) is 6.21. The normalized spacial score (nSPS) is 19.6. The first-order chi connectivity index (χ1) is 15.6. The second kappa shape index (κ2) is 7.38. The summed E-state index contributed by atoms with van der Waals surface area (Å²) in [6, 6.07) is 8.20. The van der Waals surface area contributed by atoms with Crippen molar-refractivity contribution >= 4 is 28.3 Å². The number of nitrogens with zero attached hydrogens (tertiary/aromatic N) is 6. The van der Waals surface area contributed by atoms with Crippen LogP contribution in [-0.2, 0) is 7.05 Å². The average Bonchev–Trinajstić information content (AvgIpc) is 3.56. The largest absolute Gasteiger partial charge is 0.350 e. The number of carbonyl (C=O) groups excluding carboxylic acids is 1. The zero-order valence-corrected chi connectivity index (χ0v) is 17.6. The van der Waals surface area contributed by atoms with E-state index in [-0.39, 0.29) is 5.91 Å². The van der Waals surface area contributed by atoms with Crippen LogP contribution in [0.2, 0.25) is 0 Å². The van der Waals surface area contributed by atoms with Crippen molar-refractivity contribution in [1.29, 1.82) is 0 Å². The molecule has 9 heteroatoms. The molecule has 0 radical (unpaired) electrons. The maximum Gasteiger partial charge on any atom is 0.256 e. The van der Waals surface area contributed by atoms with E-state index in [9.17, 15) is 4.79 Å². The monoisotopic (exact) mass is 426 g/mol. The first kappa shape index (κ1) is 18.9. The lowest BCUT2D eigenvalue weighted by atomic mass is 10.1. The number of carbonyl (C=O) groups is 1. The van der Waals surface area contributed by atoms with Crippen LogP contribution in [0.25, 0.3) is 22.0 Å². The molecule has 6 heterocycles. The second-order valence-corrected chi connectivity index (χ2v) is 8.36. The average molecular weight is 426 g/mol. The van der Waals surface area contributed by atoms with Crippen molar-refractivity contribution < 1.29 is 4.79 Å². The van der Waals surface area contributed by atoms with Crippen LogP contribution < -0.4 is 15.5 Å². The highest BCUT2D eigenvalue weighted by molar-refractivity contribution is 6.05. The summed E-state index contributed by atoms with van der Waals surface area (Å²) in [6.45, 7) is 1.85. The van der Waals surface area contributed by atoms with Crippen molar-refractivity contribution in [3.05, 3.63) is 60.8 Å². The van der Waals surface area contributed by atoms with Crippen molar-refractivity contribution in [3.8, 4) is 11.3 Å². The second-order valence-electron chi connectivity index (χ2n) is 8.36. The maximum absolute atomic E-state index is 12.8. The van der Waals surface area contributed by atoms with Crippen LogP contribution in [0.4, 0.5) is 11.6 Å². The number of nitrogens with one attached hydrogen (secondary N) is 2. The molecule has 0 aliphatic carbocycles. The Morgan fingerprint density at radius 3 is 2.81 bits per heavy atom. The van der Waals surface area contributed by atoms with Crippen molar-refractivity contribution in [2.75, 3.05) is 23.3 Å². The highest BCUT2D eigenvalue weighted by Gasteiger charge is 2.39. The number of hydrogen-bond donors (Lipinski definition) is 2. The first-order valence-corrected chi connectivity index (χ1v) is 10.7. The van der Waals surface area contributed by atoms with Crippen LogP contribution in [0, 0.1) is 0 Å². The highest BCUT2D eigenvalue weighted by Crippen LogP contribution is 2.35. The molecule has 2 saturated heterocycles. The van der Waals surface area contributed by atoms with Gasteiger partial charge in [0.1, 0.15) is 11.6 Å². The van der Waals surface area contributed by atoms with E-state index in [0.717, 1.165) is 47.4 Å². The number of pyridine rings is 3. The molecule has 0 saturated carbocycles. The quantitative estimate of drug-likeness (QED) is 0.516. The number of anilines is 2. The van der Waals surface area contributed by atoms with E-state index in [0.29, 0.717) is 23.5 Å². The van der Waals surface area contributed by atoms with Crippen LogP contribution >= 0.6 is 0 Å². The summed E-state index contributed by atoms with van der Waals surface area (Å²) in [5, 5.41) is 12.7. The number of aromatic nitrogens is 5. The highest BCUT2D eigenvalue weighted by atomic mass is 16.1. The molecule has 2 aliphatic rings. The van der Waals surface area contributed by atoms with E-state index in [4.69, 9.17) is 9.97 Å². The minimum atomic E-state index is -0.212. The Kier molecular flexibility index (Phi) is 4.36. The van der Waals surface area contributed by atoms with Crippen LogP contribution in [-0.4, -0.2) is 55.8 Å². The Labute approximate surface area is 184 Å². The third kappa shape index (κ3) is 3.27. The summed E-state index contributed by atoms with van der Waals surface area (Å²) in [4.78, 5) is 28.7. The lowest BCUT2D eigenvalue weighted by Crippen LogP contribution is -2.44. The van der Waals surface area contributed by atoms with Gasteiger partial charge in [-0.15, -0.1) is 0 Å². The summed E-state index contributed by atoms with van der Waals surface area (Å²) in [7, 11) is 1.88. The van der Waals surface area contributed by atoms with Gasteiger partial charge < -0.3 is 15.5 Å². The minimum Gasteiger partial charge on any atom is -0.350 e. The third-order valence-electron chi connectivity index (χ3n) is 6.21. The molecule has 2 N–H and O–H groups in total. The van der Waals surface area contributed by atoms with Gasteiger partial charge in [0.05, 0.1) is 11.9 Å². The Balaban J connectivity index is 1.44. The lowest BCUT2D eigenvalue weighted by molar-refractivity contribution is 0.102. The SMILES string of the molecule is Cn1cc(-c2cc3cc(NC(=O)c4ccncc4)nc(N4CC5CC4CN5)c3cn2)cn1. The first-order valence-electron chi connectivity index (χ1n) is 10.7. The predicted octanol–water partition coefficient (Wildman–Crippen LogP) is 2.23. The molecule has 2 aliphatic heterocycles. The van der Waals surface area contributed by atoms with Crippen molar-refractivity contribution in [2.24, 2.45) is 7.05 Å². The van der Waals surface area contributed by atoms with Gasteiger partial charge in [-0.3, -0.25) is 19.4 Å². The van der Waals surface area contributed by atoms with E-state index < -0.39 is 0 Å². The van der Waals surface area contributed by atoms with E-state index in [1.165, 1.54) is 0 Å². The Morgan fingerprint density at radius 2 is 2.09 bits per heavy atom. The molecule has 0 spiro atoms. The topological polar surface area (TPSA) is 101 Å². The fraction of sp³-hybridized carbons (Fsp3) is 0.261. The fourth-order valence-electron chi connectivity index (χ4n) is 4.64. The zero-order chi connectivity index (χ0) is 21.7. The lowest BCUT2D eigenvalue weighted by Gasteiger charge is -2.29. The van der Waals surface area contributed by atoms with Crippen molar-refractivity contribution in [3.63, 3.8) is 0 Å². The minimum absolute atomic E-state index is 0.212. The molecule has 9 nitrogen and oxygen atoms in total. The van der Waals surface area contributed by atoms with Crippen LogP contribution in [0.15, 0.2) is 55.2 Å². The summed E-state index contributed by atoms with van der Waals surface area (Å²) >= 11 is 0. The molecule has 2 bridgehead atoms. The van der Waals surface area contributed by atoms with Gasteiger partial charge in [-0.2, -0.15) is 5.10 Å². The summed E-state index contributed by atoms with van der Waals surface area (Å²) in [5.41, 5.74) is 2.32. The van der Waals surface area contributed by atoms with E-state index >= 15 is 0 Å².